The van der Waals surface area contributed by atoms with Gasteiger partial charge in [-0.1, -0.05) is 22.4 Å². The van der Waals surface area contributed by atoms with Crippen molar-refractivity contribution in [2.45, 2.75) is 52.7 Å². The van der Waals surface area contributed by atoms with Crippen LogP contribution in [0.2, 0.25) is 0 Å². The van der Waals surface area contributed by atoms with Gasteiger partial charge in [-0.25, -0.2) is 0 Å². The number of rotatable bonds is 6. The van der Waals surface area contributed by atoms with E-state index < -0.39 is 0 Å². The van der Waals surface area contributed by atoms with Crippen LogP contribution in [0.3, 0.4) is 0 Å². The maximum atomic E-state index is 12.0. The van der Waals surface area contributed by atoms with Gasteiger partial charge in [0.25, 0.3) is 0 Å². The van der Waals surface area contributed by atoms with Crippen molar-refractivity contribution < 1.29 is 23.3 Å². The fourth-order valence-corrected chi connectivity index (χ4v) is 3.38. The summed E-state index contributed by atoms with van der Waals surface area (Å²) >= 11 is 0. The molecule has 3 heterocycles. The molecule has 3 aromatic rings. The highest BCUT2D eigenvalue weighted by molar-refractivity contribution is 5.70. The summed E-state index contributed by atoms with van der Waals surface area (Å²) in [6.07, 6.45) is 1.91. The van der Waals surface area contributed by atoms with Crippen molar-refractivity contribution in [3.05, 3.63) is 52.5 Å². The van der Waals surface area contributed by atoms with E-state index in [0.717, 1.165) is 34.8 Å². The van der Waals surface area contributed by atoms with Crippen molar-refractivity contribution in [1.29, 1.82) is 0 Å². The second-order valence-electron chi connectivity index (χ2n) is 7.10. The van der Waals surface area contributed by atoms with E-state index in [4.69, 9.17) is 18.5 Å². The molecule has 1 aromatic carbocycles. The fourth-order valence-electron chi connectivity index (χ4n) is 3.38. The van der Waals surface area contributed by atoms with Crippen LogP contribution in [0.15, 0.2) is 33.3 Å². The summed E-state index contributed by atoms with van der Waals surface area (Å²) in [6.45, 7) is 5.82. The van der Waals surface area contributed by atoms with Gasteiger partial charge >= 0.3 is 5.97 Å². The van der Waals surface area contributed by atoms with E-state index in [1.54, 1.807) is 6.07 Å². The van der Waals surface area contributed by atoms with Gasteiger partial charge in [0.05, 0.1) is 5.69 Å². The minimum absolute atomic E-state index is 0.0718. The van der Waals surface area contributed by atoms with Gasteiger partial charge in [0, 0.05) is 30.0 Å². The smallest absolute Gasteiger partial charge is 0.306 e. The van der Waals surface area contributed by atoms with Crippen LogP contribution in [0.5, 0.6) is 5.75 Å². The second-order valence-corrected chi connectivity index (χ2v) is 7.10. The third-order valence-electron chi connectivity index (χ3n) is 4.89. The molecule has 7 heteroatoms. The summed E-state index contributed by atoms with van der Waals surface area (Å²) in [5.74, 6) is 1.94. The molecule has 0 aliphatic carbocycles. The highest BCUT2D eigenvalue weighted by Gasteiger charge is 2.20. The van der Waals surface area contributed by atoms with Gasteiger partial charge in [0.2, 0.25) is 0 Å². The van der Waals surface area contributed by atoms with Crippen molar-refractivity contribution in [2.75, 3.05) is 0 Å². The molecule has 0 fully saturated rings. The summed E-state index contributed by atoms with van der Waals surface area (Å²) in [5, 5.41) is 7.88. The Bertz CT molecular complexity index is 985. The average molecular weight is 382 g/mol. The molecule has 4 rings (SSSR count). The number of ether oxygens (including phenoxy) is 2. The second kappa shape index (κ2) is 7.50. The molecule has 0 amide bonds. The van der Waals surface area contributed by atoms with Crippen LogP contribution in [0.25, 0.3) is 11.3 Å². The van der Waals surface area contributed by atoms with E-state index in [9.17, 15) is 4.79 Å². The maximum Gasteiger partial charge on any atom is 0.306 e. The zero-order chi connectivity index (χ0) is 19.7. The molecule has 0 saturated heterocycles. The summed E-state index contributed by atoms with van der Waals surface area (Å²) in [4.78, 5) is 12.0. The lowest BCUT2D eigenvalue weighted by Gasteiger charge is -2.03. The molecule has 146 valence electrons. The summed E-state index contributed by atoms with van der Waals surface area (Å²) in [5.41, 5.74) is 4.41. The van der Waals surface area contributed by atoms with E-state index >= 15 is 0 Å². The normalized spacial score (nSPS) is 15.3. The quantitative estimate of drug-likeness (QED) is 0.597. The van der Waals surface area contributed by atoms with Gasteiger partial charge in [0.15, 0.2) is 5.76 Å². The topological polar surface area (TPSA) is 87.6 Å². The Morgan fingerprint density at radius 2 is 2.07 bits per heavy atom. The Kier molecular flexibility index (Phi) is 4.90. The molecular weight excluding hydrogens is 360 g/mol. The first-order valence-corrected chi connectivity index (χ1v) is 9.32. The number of carbonyl (C=O) groups excluding carboxylic acids is 1. The van der Waals surface area contributed by atoms with Crippen LogP contribution in [-0.2, 0) is 29.0 Å². The molecule has 28 heavy (non-hydrogen) atoms. The minimum Gasteiger partial charge on any atom is -0.490 e. The predicted molar refractivity (Wildman–Crippen MR) is 99.8 cm³/mol. The van der Waals surface area contributed by atoms with E-state index in [1.807, 2.05) is 39.0 Å². The van der Waals surface area contributed by atoms with E-state index in [1.165, 1.54) is 5.56 Å². The average Bonchev–Trinajstić information content (AvgIpc) is 3.36. The van der Waals surface area contributed by atoms with Gasteiger partial charge in [-0.05, 0) is 38.8 Å². The molecular formula is C21H22N2O5. The lowest BCUT2D eigenvalue weighted by Crippen LogP contribution is -2.06. The predicted octanol–water partition coefficient (Wildman–Crippen LogP) is 3.95. The number of esters is 1. The van der Waals surface area contributed by atoms with E-state index in [-0.39, 0.29) is 25.1 Å². The van der Waals surface area contributed by atoms with Crippen LogP contribution >= 0.6 is 0 Å². The van der Waals surface area contributed by atoms with Crippen LogP contribution in [0.4, 0.5) is 0 Å². The third kappa shape index (κ3) is 3.78. The number of aromatic nitrogens is 2. The molecule has 1 aliphatic heterocycles. The first-order chi connectivity index (χ1) is 13.5. The SMILES string of the molecule is Cc1noc(C)c1CCC(=O)OCc1cc(-c2ccc3c(c2)OC(C)C3)on1. The Labute approximate surface area is 162 Å². The number of aryl methyl sites for hydroxylation is 2. The molecule has 0 bridgehead atoms. The summed E-state index contributed by atoms with van der Waals surface area (Å²) in [6, 6.07) is 7.77. The van der Waals surface area contributed by atoms with Gasteiger partial charge < -0.3 is 18.5 Å². The molecule has 1 unspecified atom stereocenters. The standard InChI is InChI=1S/C21H22N2O5/c1-12-8-15-4-5-16(9-19(15)26-12)20-10-17(23-28-20)11-25-21(24)7-6-18-13(2)22-27-14(18)3/h4-5,9-10,12H,6-8,11H2,1-3H3. The third-order valence-corrected chi connectivity index (χ3v) is 4.89. The highest BCUT2D eigenvalue weighted by atomic mass is 16.5. The monoisotopic (exact) mass is 382 g/mol. The van der Waals surface area contributed by atoms with Gasteiger partial charge in [-0.15, -0.1) is 0 Å². The Hall–Kier alpha value is -3.09. The van der Waals surface area contributed by atoms with Crippen molar-refractivity contribution in [2.24, 2.45) is 0 Å². The van der Waals surface area contributed by atoms with Crippen molar-refractivity contribution >= 4 is 5.97 Å². The number of hydrogen-bond donors (Lipinski definition) is 0. The Morgan fingerprint density at radius 1 is 1.21 bits per heavy atom. The molecule has 1 atom stereocenters. The largest absolute Gasteiger partial charge is 0.490 e. The fraction of sp³-hybridized carbons (Fsp3) is 0.381. The number of carbonyl (C=O) groups is 1. The molecule has 0 N–H and O–H groups in total. The van der Waals surface area contributed by atoms with Gasteiger partial charge in [0.1, 0.15) is 29.9 Å². The van der Waals surface area contributed by atoms with E-state index in [2.05, 4.69) is 10.3 Å². The highest BCUT2D eigenvalue weighted by Crippen LogP contribution is 2.33. The number of hydrogen-bond acceptors (Lipinski definition) is 7. The molecule has 7 nitrogen and oxygen atoms in total. The zero-order valence-corrected chi connectivity index (χ0v) is 16.2. The number of nitrogens with zero attached hydrogens (tertiary/aromatic N) is 2. The molecule has 0 radical (unpaired) electrons. The lowest BCUT2D eigenvalue weighted by molar-refractivity contribution is -0.145. The minimum atomic E-state index is -0.301. The van der Waals surface area contributed by atoms with Crippen molar-refractivity contribution in [1.82, 2.24) is 10.3 Å². The van der Waals surface area contributed by atoms with Crippen LogP contribution in [-0.4, -0.2) is 22.4 Å². The summed E-state index contributed by atoms with van der Waals surface area (Å²) < 4.78 is 21.6. The van der Waals surface area contributed by atoms with E-state index in [0.29, 0.717) is 17.9 Å². The Balaban J connectivity index is 1.33. The van der Waals surface area contributed by atoms with Gasteiger partial charge in [-0.3, -0.25) is 4.79 Å². The molecule has 1 aliphatic rings. The lowest BCUT2D eigenvalue weighted by atomic mass is 10.1. The van der Waals surface area contributed by atoms with Crippen molar-refractivity contribution in [3.8, 4) is 17.1 Å². The first-order valence-electron chi connectivity index (χ1n) is 9.32. The van der Waals surface area contributed by atoms with Crippen LogP contribution in [0.1, 0.15) is 41.6 Å². The number of fused-ring (bicyclic) bond motifs is 1. The maximum absolute atomic E-state index is 12.0. The number of benzene rings is 1. The zero-order valence-electron chi connectivity index (χ0n) is 16.2. The first kappa shape index (κ1) is 18.3. The van der Waals surface area contributed by atoms with Gasteiger partial charge in [-0.2, -0.15) is 0 Å². The molecule has 0 saturated carbocycles. The van der Waals surface area contributed by atoms with Crippen LogP contribution in [0, 0.1) is 13.8 Å². The molecule has 0 spiro atoms. The molecule has 2 aromatic heterocycles. The Morgan fingerprint density at radius 3 is 2.86 bits per heavy atom. The summed E-state index contributed by atoms with van der Waals surface area (Å²) in [7, 11) is 0. The van der Waals surface area contributed by atoms with Crippen molar-refractivity contribution in [3.63, 3.8) is 0 Å². The van der Waals surface area contributed by atoms with Crippen LogP contribution < -0.4 is 4.74 Å².